The van der Waals surface area contributed by atoms with Crippen molar-refractivity contribution in [2.45, 2.75) is 63.9 Å². The maximum Gasteiger partial charge on any atom is 0.338 e. The molecule has 35 heavy (non-hydrogen) atoms. The summed E-state index contributed by atoms with van der Waals surface area (Å²) in [4.78, 5) is 26.8. The molecule has 5 rings (SSSR count). The van der Waals surface area contributed by atoms with Crippen LogP contribution in [0.3, 0.4) is 0 Å². The lowest BCUT2D eigenvalue weighted by Gasteiger charge is -2.43. The molecule has 1 aliphatic heterocycles. The molecule has 2 aromatic carbocycles. The number of esters is 1. The average molecular weight is 496 g/mol. The highest BCUT2D eigenvalue weighted by atomic mass is 35.5. The summed E-state index contributed by atoms with van der Waals surface area (Å²) in [5.41, 5.74) is 3.27. The molecule has 0 bridgehead atoms. The minimum Gasteiger partial charge on any atom is -0.490 e. The van der Waals surface area contributed by atoms with E-state index in [0.29, 0.717) is 18.1 Å². The molecule has 0 amide bonds. The minimum absolute atomic E-state index is 0.102. The number of halogens is 1. The van der Waals surface area contributed by atoms with Crippen LogP contribution < -0.4 is 9.64 Å². The molecule has 6 heteroatoms. The monoisotopic (exact) mass is 495 g/mol. The van der Waals surface area contributed by atoms with E-state index in [1.54, 1.807) is 6.07 Å². The van der Waals surface area contributed by atoms with Gasteiger partial charge in [0.25, 0.3) is 0 Å². The minimum atomic E-state index is -0.569. The number of ether oxygens (including phenoxy) is 2. The van der Waals surface area contributed by atoms with Crippen LogP contribution in [0.2, 0.25) is 5.02 Å². The molecule has 2 aromatic rings. The van der Waals surface area contributed by atoms with Gasteiger partial charge in [0.2, 0.25) is 0 Å². The first-order chi connectivity index (χ1) is 16.7. The first-order valence-corrected chi connectivity index (χ1v) is 13.0. The Kier molecular flexibility index (Phi) is 6.33. The second kappa shape index (κ2) is 9.16. The van der Waals surface area contributed by atoms with Crippen molar-refractivity contribution in [3.63, 3.8) is 0 Å². The highest BCUT2D eigenvalue weighted by Crippen LogP contribution is 2.46. The normalized spacial score (nSPS) is 25.5. The summed E-state index contributed by atoms with van der Waals surface area (Å²) in [6.45, 7) is 7.72. The molecule has 1 fully saturated rings. The zero-order valence-electron chi connectivity index (χ0n) is 20.8. The van der Waals surface area contributed by atoms with Crippen molar-refractivity contribution in [2.24, 2.45) is 11.8 Å². The van der Waals surface area contributed by atoms with Gasteiger partial charge in [0.1, 0.15) is 17.6 Å². The Balaban J connectivity index is 1.54. The molecule has 3 aliphatic rings. The number of aryl methyl sites for hydroxylation is 1. The number of nitrogens with zero attached hydrogens (tertiary/aromatic N) is 1. The van der Waals surface area contributed by atoms with Gasteiger partial charge in [-0.25, -0.2) is 4.79 Å². The molecule has 2 aliphatic carbocycles. The molecule has 1 spiro atoms. The van der Waals surface area contributed by atoms with E-state index in [-0.39, 0.29) is 17.3 Å². The fraction of sp³-hybridized carbons (Fsp3) is 0.517. The third-order valence-corrected chi connectivity index (χ3v) is 8.01. The van der Waals surface area contributed by atoms with E-state index in [0.717, 1.165) is 67.9 Å². The summed E-state index contributed by atoms with van der Waals surface area (Å²) in [5.74, 6) is 0.850. The second-order valence-corrected chi connectivity index (χ2v) is 11.9. The van der Waals surface area contributed by atoms with Gasteiger partial charge in [-0.1, -0.05) is 17.7 Å². The van der Waals surface area contributed by atoms with Crippen LogP contribution in [0, 0.1) is 11.8 Å². The highest BCUT2D eigenvalue weighted by molar-refractivity contribution is 6.30. The quantitative estimate of drug-likeness (QED) is 0.385. The Morgan fingerprint density at radius 1 is 1.23 bits per heavy atom. The third kappa shape index (κ3) is 4.80. The van der Waals surface area contributed by atoms with Crippen LogP contribution in [0.1, 0.15) is 67.9 Å². The predicted octanol–water partition coefficient (Wildman–Crippen LogP) is 5.99. The SMILES string of the molecule is CC(C)(C)OC(=O)c1ccc2c(c1)N(C[C@@H]1CCC1C=O)C[C@@]1(CCCc3cc(Cl)ccc31)CO2. The molecule has 0 N–H and O–H groups in total. The Hall–Kier alpha value is -2.53. The van der Waals surface area contributed by atoms with E-state index >= 15 is 0 Å². The van der Waals surface area contributed by atoms with Gasteiger partial charge in [0.05, 0.1) is 17.9 Å². The molecule has 0 aromatic heterocycles. The largest absolute Gasteiger partial charge is 0.490 e. The number of fused-ring (bicyclic) bond motifs is 3. The maximum atomic E-state index is 12.9. The number of benzene rings is 2. The third-order valence-electron chi connectivity index (χ3n) is 7.78. The lowest BCUT2D eigenvalue weighted by atomic mass is 9.69. The topological polar surface area (TPSA) is 55.8 Å². The standard InChI is InChI=1S/C29H34ClNO4/c1-28(2,3)35-27(33)20-8-11-26-25(14-20)31(15-21-6-7-22(21)16-32)17-29(18-34-26)12-4-5-19-13-23(30)9-10-24(19)29/h8-11,13-14,16,21-22H,4-7,12,15,17-18H2,1-3H3/t21-,22?,29-/m0/s1. The Morgan fingerprint density at radius 3 is 2.77 bits per heavy atom. The van der Waals surface area contributed by atoms with Crippen LogP contribution in [-0.4, -0.2) is 37.6 Å². The van der Waals surface area contributed by atoms with Crippen LogP contribution in [-0.2, 0) is 21.4 Å². The number of rotatable bonds is 4. The average Bonchev–Trinajstić information content (AvgIpc) is 2.93. The van der Waals surface area contributed by atoms with Gasteiger partial charge < -0.3 is 19.2 Å². The number of hydrogen-bond acceptors (Lipinski definition) is 5. The van der Waals surface area contributed by atoms with Gasteiger partial charge in [-0.15, -0.1) is 0 Å². The first-order valence-electron chi connectivity index (χ1n) is 12.7. The molecular weight excluding hydrogens is 462 g/mol. The lowest BCUT2D eigenvalue weighted by Crippen LogP contribution is -2.48. The zero-order chi connectivity index (χ0) is 24.8. The van der Waals surface area contributed by atoms with Crippen molar-refractivity contribution >= 4 is 29.5 Å². The number of aldehydes is 1. The Morgan fingerprint density at radius 2 is 2.06 bits per heavy atom. The molecule has 186 valence electrons. The van der Waals surface area contributed by atoms with Crippen LogP contribution in [0.25, 0.3) is 0 Å². The Labute approximate surface area is 212 Å². The summed E-state index contributed by atoms with van der Waals surface area (Å²) >= 11 is 6.34. The fourth-order valence-corrected chi connectivity index (χ4v) is 6.06. The second-order valence-electron chi connectivity index (χ2n) is 11.4. The van der Waals surface area contributed by atoms with Crippen LogP contribution >= 0.6 is 11.6 Å². The van der Waals surface area contributed by atoms with Crippen LogP contribution in [0.4, 0.5) is 5.69 Å². The molecule has 0 radical (unpaired) electrons. The zero-order valence-corrected chi connectivity index (χ0v) is 21.6. The van der Waals surface area contributed by atoms with E-state index < -0.39 is 5.60 Å². The number of carbonyl (C=O) groups excluding carboxylic acids is 2. The van der Waals surface area contributed by atoms with Gasteiger partial charge in [-0.05, 0) is 100 Å². The summed E-state index contributed by atoms with van der Waals surface area (Å²) in [6.07, 6.45) is 6.21. The van der Waals surface area contributed by atoms with E-state index in [4.69, 9.17) is 21.1 Å². The molecule has 1 heterocycles. The van der Waals surface area contributed by atoms with Crippen molar-refractivity contribution in [3.05, 3.63) is 58.1 Å². The van der Waals surface area contributed by atoms with E-state index in [9.17, 15) is 9.59 Å². The van der Waals surface area contributed by atoms with Crippen molar-refractivity contribution in [3.8, 4) is 5.75 Å². The summed E-state index contributed by atoms with van der Waals surface area (Å²) < 4.78 is 12.1. The van der Waals surface area contributed by atoms with Crippen molar-refractivity contribution < 1.29 is 19.1 Å². The van der Waals surface area contributed by atoms with Gasteiger partial charge in [-0.2, -0.15) is 0 Å². The lowest BCUT2D eigenvalue weighted by molar-refractivity contribution is -0.115. The summed E-state index contributed by atoms with van der Waals surface area (Å²) in [7, 11) is 0. The highest BCUT2D eigenvalue weighted by Gasteiger charge is 2.43. The first kappa shape index (κ1) is 24.2. The molecule has 5 nitrogen and oxygen atoms in total. The number of hydrogen-bond donors (Lipinski definition) is 0. The smallest absolute Gasteiger partial charge is 0.338 e. The van der Waals surface area contributed by atoms with Gasteiger partial charge in [0.15, 0.2) is 0 Å². The maximum absolute atomic E-state index is 12.9. The van der Waals surface area contributed by atoms with E-state index in [1.807, 2.05) is 39.0 Å². The van der Waals surface area contributed by atoms with Crippen LogP contribution in [0.15, 0.2) is 36.4 Å². The van der Waals surface area contributed by atoms with E-state index in [1.165, 1.54) is 11.1 Å². The summed E-state index contributed by atoms with van der Waals surface area (Å²) in [5, 5.41) is 0.765. The van der Waals surface area contributed by atoms with Gasteiger partial charge in [0, 0.05) is 29.4 Å². The number of carbonyl (C=O) groups is 2. The van der Waals surface area contributed by atoms with Crippen molar-refractivity contribution in [1.82, 2.24) is 0 Å². The van der Waals surface area contributed by atoms with Crippen molar-refractivity contribution in [2.75, 3.05) is 24.6 Å². The van der Waals surface area contributed by atoms with Crippen molar-refractivity contribution in [1.29, 1.82) is 0 Å². The molecular formula is C29H34ClNO4. The molecule has 1 saturated carbocycles. The van der Waals surface area contributed by atoms with E-state index in [2.05, 4.69) is 17.0 Å². The molecule has 3 atom stereocenters. The Bertz CT molecular complexity index is 1140. The van der Waals surface area contributed by atoms with Crippen LogP contribution in [0.5, 0.6) is 5.75 Å². The van der Waals surface area contributed by atoms with Gasteiger partial charge >= 0.3 is 5.97 Å². The fourth-order valence-electron chi connectivity index (χ4n) is 5.86. The van der Waals surface area contributed by atoms with Gasteiger partial charge in [-0.3, -0.25) is 0 Å². The molecule has 0 saturated heterocycles. The predicted molar refractivity (Wildman–Crippen MR) is 138 cm³/mol. The summed E-state index contributed by atoms with van der Waals surface area (Å²) in [6, 6.07) is 11.8. The number of anilines is 1. The molecule has 1 unspecified atom stereocenters.